The van der Waals surface area contributed by atoms with Gasteiger partial charge in [0.25, 0.3) is 11.8 Å². The van der Waals surface area contributed by atoms with Crippen LogP contribution in [0.2, 0.25) is 0 Å². The van der Waals surface area contributed by atoms with Crippen LogP contribution in [0.25, 0.3) is 0 Å². The fourth-order valence-electron chi connectivity index (χ4n) is 2.94. The number of nitrogens with zero attached hydrogens (tertiary/aromatic N) is 1. The van der Waals surface area contributed by atoms with Gasteiger partial charge in [0.1, 0.15) is 0 Å². The average Bonchev–Trinajstić information content (AvgIpc) is 2.95. The summed E-state index contributed by atoms with van der Waals surface area (Å²) >= 11 is 0. The molecule has 0 bridgehead atoms. The van der Waals surface area contributed by atoms with E-state index in [4.69, 9.17) is 15.2 Å². The van der Waals surface area contributed by atoms with E-state index in [1.165, 1.54) is 26.0 Å². The molecule has 2 rings (SSSR count). The van der Waals surface area contributed by atoms with Crippen molar-refractivity contribution in [1.82, 2.24) is 10.2 Å². The number of hydrogen-bond donors (Lipinski definition) is 2. The first kappa shape index (κ1) is 20.5. The highest BCUT2D eigenvalue weighted by Crippen LogP contribution is 2.28. The SMILES string of the molecule is COc1cc(C(=O)NCCC(=O)N2CCCCCC2)ccc1OCC(N)=O. The quantitative estimate of drug-likeness (QED) is 0.704. The number of benzene rings is 1. The van der Waals surface area contributed by atoms with E-state index in [9.17, 15) is 14.4 Å². The lowest BCUT2D eigenvalue weighted by Crippen LogP contribution is -2.35. The Morgan fingerprint density at radius 2 is 1.81 bits per heavy atom. The number of nitrogens with two attached hydrogens (primary N) is 1. The number of carbonyl (C=O) groups is 3. The summed E-state index contributed by atoms with van der Waals surface area (Å²) in [7, 11) is 1.44. The molecule has 8 nitrogen and oxygen atoms in total. The zero-order chi connectivity index (χ0) is 19.6. The van der Waals surface area contributed by atoms with Gasteiger partial charge in [-0.05, 0) is 31.0 Å². The van der Waals surface area contributed by atoms with Crippen molar-refractivity contribution in [3.05, 3.63) is 23.8 Å². The third-order valence-electron chi connectivity index (χ3n) is 4.38. The minimum Gasteiger partial charge on any atom is -0.493 e. The van der Waals surface area contributed by atoms with Crippen LogP contribution in [0.1, 0.15) is 42.5 Å². The number of likely N-dealkylation sites (tertiary alicyclic amines) is 1. The Hall–Kier alpha value is -2.77. The fourth-order valence-corrected chi connectivity index (χ4v) is 2.94. The van der Waals surface area contributed by atoms with Crippen molar-refractivity contribution in [2.24, 2.45) is 5.73 Å². The number of carbonyl (C=O) groups excluding carboxylic acids is 3. The van der Waals surface area contributed by atoms with Crippen molar-refractivity contribution in [2.45, 2.75) is 32.1 Å². The Morgan fingerprint density at radius 1 is 1.11 bits per heavy atom. The summed E-state index contributed by atoms with van der Waals surface area (Å²) in [6, 6.07) is 4.62. The second-order valence-electron chi connectivity index (χ2n) is 6.42. The molecule has 8 heteroatoms. The lowest BCUT2D eigenvalue weighted by molar-refractivity contribution is -0.131. The van der Waals surface area contributed by atoms with Gasteiger partial charge in [-0.1, -0.05) is 12.8 Å². The number of methoxy groups -OCH3 is 1. The topological polar surface area (TPSA) is 111 Å². The number of rotatable bonds is 8. The van der Waals surface area contributed by atoms with Crippen LogP contribution in [-0.2, 0) is 9.59 Å². The summed E-state index contributed by atoms with van der Waals surface area (Å²) in [5.74, 6) is -0.190. The third kappa shape index (κ3) is 6.47. The monoisotopic (exact) mass is 377 g/mol. The molecule has 0 unspecified atom stereocenters. The minimum absolute atomic E-state index is 0.0741. The van der Waals surface area contributed by atoms with Crippen LogP contribution >= 0.6 is 0 Å². The number of amides is 3. The summed E-state index contributed by atoms with van der Waals surface area (Å²) in [5, 5.41) is 2.75. The van der Waals surface area contributed by atoms with Crippen molar-refractivity contribution in [3.8, 4) is 11.5 Å². The maximum absolute atomic E-state index is 12.3. The molecule has 3 amide bonds. The standard InChI is InChI=1S/C19H27N3O5/c1-26-16-12-14(6-7-15(16)27-13-17(20)23)19(25)21-9-8-18(24)22-10-4-2-3-5-11-22/h6-7,12H,2-5,8-11,13H2,1H3,(H2,20,23)(H,21,25). The number of nitrogens with one attached hydrogen (secondary N) is 1. The van der Waals surface area contributed by atoms with Gasteiger partial charge in [-0.25, -0.2) is 0 Å². The van der Waals surface area contributed by atoms with Crippen LogP contribution in [0.5, 0.6) is 11.5 Å². The van der Waals surface area contributed by atoms with Crippen LogP contribution in [0.3, 0.4) is 0 Å². The Kier molecular flexibility index (Phi) is 7.91. The van der Waals surface area contributed by atoms with E-state index >= 15 is 0 Å². The van der Waals surface area contributed by atoms with Crippen molar-refractivity contribution >= 4 is 17.7 Å². The molecule has 1 aromatic rings. The van der Waals surface area contributed by atoms with Gasteiger partial charge in [0, 0.05) is 31.6 Å². The molecule has 1 fully saturated rings. The Labute approximate surface area is 159 Å². The second-order valence-corrected chi connectivity index (χ2v) is 6.42. The Morgan fingerprint density at radius 3 is 2.44 bits per heavy atom. The third-order valence-corrected chi connectivity index (χ3v) is 4.38. The Bertz CT molecular complexity index is 669. The van der Waals surface area contributed by atoms with E-state index in [0.29, 0.717) is 17.1 Å². The second kappa shape index (κ2) is 10.4. The number of ether oxygens (including phenoxy) is 2. The molecule has 148 valence electrons. The highest BCUT2D eigenvalue weighted by Gasteiger charge is 2.16. The molecule has 0 aliphatic carbocycles. The van der Waals surface area contributed by atoms with Crippen LogP contribution in [0.15, 0.2) is 18.2 Å². The van der Waals surface area contributed by atoms with Gasteiger partial charge in [-0.3, -0.25) is 14.4 Å². The molecule has 0 saturated carbocycles. The lowest BCUT2D eigenvalue weighted by atomic mass is 10.2. The molecular weight excluding hydrogens is 350 g/mol. The summed E-state index contributed by atoms with van der Waals surface area (Å²) in [4.78, 5) is 37.2. The summed E-state index contributed by atoms with van der Waals surface area (Å²) in [6.45, 7) is 1.60. The van der Waals surface area contributed by atoms with Crippen molar-refractivity contribution in [2.75, 3.05) is 33.4 Å². The predicted molar refractivity (Wildman–Crippen MR) is 99.7 cm³/mol. The van der Waals surface area contributed by atoms with Gasteiger partial charge in [0.15, 0.2) is 18.1 Å². The average molecular weight is 377 g/mol. The molecule has 1 saturated heterocycles. The van der Waals surface area contributed by atoms with E-state index in [2.05, 4.69) is 5.32 Å². The molecule has 0 spiro atoms. The highest BCUT2D eigenvalue weighted by molar-refractivity contribution is 5.95. The molecule has 3 N–H and O–H groups in total. The smallest absolute Gasteiger partial charge is 0.255 e. The van der Waals surface area contributed by atoms with Crippen LogP contribution < -0.4 is 20.5 Å². The molecule has 0 aromatic heterocycles. The first-order chi connectivity index (χ1) is 13.0. The maximum Gasteiger partial charge on any atom is 0.255 e. The number of primary amides is 1. The van der Waals surface area contributed by atoms with E-state index in [-0.39, 0.29) is 31.4 Å². The molecule has 1 heterocycles. The molecule has 1 aromatic carbocycles. The van der Waals surface area contributed by atoms with E-state index < -0.39 is 5.91 Å². The summed E-state index contributed by atoms with van der Waals surface area (Å²) in [5.41, 5.74) is 5.43. The lowest BCUT2D eigenvalue weighted by Gasteiger charge is -2.20. The molecule has 0 atom stereocenters. The largest absolute Gasteiger partial charge is 0.493 e. The molecule has 27 heavy (non-hydrogen) atoms. The van der Waals surface area contributed by atoms with Crippen molar-refractivity contribution < 1.29 is 23.9 Å². The molecular formula is C19H27N3O5. The van der Waals surface area contributed by atoms with Gasteiger partial charge in [-0.2, -0.15) is 0 Å². The van der Waals surface area contributed by atoms with E-state index in [0.717, 1.165) is 25.9 Å². The molecule has 1 aliphatic heterocycles. The van der Waals surface area contributed by atoms with Crippen molar-refractivity contribution in [3.63, 3.8) is 0 Å². The predicted octanol–water partition coefficient (Wildman–Crippen LogP) is 1.08. The summed E-state index contributed by atoms with van der Waals surface area (Å²) < 4.78 is 10.4. The summed E-state index contributed by atoms with van der Waals surface area (Å²) in [6.07, 6.45) is 4.70. The van der Waals surface area contributed by atoms with E-state index in [1.807, 2.05) is 4.90 Å². The number of hydrogen-bond acceptors (Lipinski definition) is 5. The Balaban J connectivity index is 1.85. The van der Waals surface area contributed by atoms with Gasteiger partial charge in [-0.15, -0.1) is 0 Å². The highest BCUT2D eigenvalue weighted by atomic mass is 16.5. The molecule has 0 radical (unpaired) electrons. The van der Waals surface area contributed by atoms with Gasteiger partial charge >= 0.3 is 0 Å². The van der Waals surface area contributed by atoms with Crippen LogP contribution in [0, 0.1) is 0 Å². The van der Waals surface area contributed by atoms with Crippen LogP contribution in [-0.4, -0.2) is 56.0 Å². The van der Waals surface area contributed by atoms with Crippen LogP contribution in [0.4, 0.5) is 0 Å². The first-order valence-corrected chi connectivity index (χ1v) is 9.16. The van der Waals surface area contributed by atoms with Gasteiger partial charge < -0.3 is 25.4 Å². The first-order valence-electron chi connectivity index (χ1n) is 9.16. The minimum atomic E-state index is -0.604. The van der Waals surface area contributed by atoms with E-state index in [1.54, 1.807) is 12.1 Å². The zero-order valence-corrected chi connectivity index (χ0v) is 15.7. The maximum atomic E-state index is 12.3. The molecule has 1 aliphatic rings. The normalized spacial score (nSPS) is 14.2. The fraction of sp³-hybridized carbons (Fsp3) is 0.526. The zero-order valence-electron chi connectivity index (χ0n) is 15.7. The van der Waals surface area contributed by atoms with Crippen molar-refractivity contribution in [1.29, 1.82) is 0 Å². The van der Waals surface area contributed by atoms with Gasteiger partial charge in [0.2, 0.25) is 5.91 Å². The van der Waals surface area contributed by atoms with Gasteiger partial charge in [0.05, 0.1) is 7.11 Å².